The van der Waals surface area contributed by atoms with Crippen LogP contribution in [0.4, 0.5) is 18.0 Å². The fourth-order valence-electron chi connectivity index (χ4n) is 5.85. The Kier molecular flexibility index (Phi) is 7.59. The number of urea groups is 1. The van der Waals surface area contributed by atoms with Crippen molar-refractivity contribution in [1.29, 1.82) is 0 Å². The zero-order chi connectivity index (χ0) is 28.6. The molecule has 0 bridgehead atoms. The second-order valence-corrected chi connectivity index (χ2v) is 10.1. The lowest BCUT2D eigenvalue weighted by molar-refractivity contribution is -0.144. The van der Waals surface area contributed by atoms with Crippen LogP contribution in [0.3, 0.4) is 0 Å². The average Bonchev–Trinajstić information content (AvgIpc) is 3.29. The van der Waals surface area contributed by atoms with E-state index in [-0.39, 0.29) is 30.1 Å². The Morgan fingerprint density at radius 1 is 0.950 bits per heavy atom. The molecule has 1 N–H and O–H groups in total. The van der Waals surface area contributed by atoms with E-state index in [0.29, 0.717) is 37.4 Å². The minimum absolute atomic E-state index is 0.0580. The molecule has 3 aliphatic rings. The summed E-state index contributed by atoms with van der Waals surface area (Å²) < 4.78 is 42.0. The summed E-state index contributed by atoms with van der Waals surface area (Å²) in [7, 11) is 0. The lowest BCUT2D eigenvalue weighted by atomic mass is 9.91. The van der Waals surface area contributed by atoms with E-state index in [4.69, 9.17) is 0 Å². The molecular weight excluding hydrogens is 523 g/mol. The molecule has 5 rings (SSSR count). The fourth-order valence-corrected chi connectivity index (χ4v) is 5.85. The highest BCUT2D eigenvalue weighted by molar-refractivity contribution is 6.04. The average molecular weight is 556 g/mol. The minimum atomic E-state index is -4.69. The van der Waals surface area contributed by atoms with Crippen molar-refractivity contribution < 1.29 is 27.6 Å². The first-order valence-corrected chi connectivity index (χ1v) is 13.5. The summed E-state index contributed by atoms with van der Waals surface area (Å²) >= 11 is 0. The number of rotatable bonds is 6. The van der Waals surface area contributed by atoms with Gasteiger partial charge in [0, 0.05) is 32.7 Å². The van der Waals surface area contributed by atoms with Crippen molar-refractivity contribution in [3.8, 4) is 0 Å². The summed E-state index contributed by atoms with van der Waals surface area (Å²) in [5.41, 5.74) is -0.147. The predicted octanol–water partition coefficient (Wildman–Crippen LogP) is 3.79. The maximum absolute atomic E-state index is 14.2. The molecule has 40 heavy (non-hydrogen) atoms. The van der Waals surface area contributed by atoms with Gasteiger partial charge in [0.15, 0.2) is 0 Å². The smallest absolute Gasteiger partial charge is 0.338 e. The Labute approximate surface area is 231 Å². The second kappa shape index (κ2) is 11.0. The SMILES string of the molecule is CCN1CCN(C(=O)[C@H](c2ccccc2)N2CC3=C(C2=O)[C@@H](c2ccccc2C(F)(F)F)NC(=O)N3CC)CC1. The molecule has 0 unspecified atom stereocenters. The number of carbonyl (C=O) groups is 3. The van der Waals surface area contributed by atoms with Crippen molar-refractivity contribution in [3.05, 3.63) is 82.6 Å². The maximum atomic E-state index is 14.2. The summed E-state index contributed by atoms with van der Waals surface area (Å²) in [6.45, 7) is 7.25. The van der Waals surface area contributed by atoms with E-state index in [9.17, 15) is 27.6 Å². The Morgan fingerprint density at radius 2 is 1.60 bits per heavy atom. The van der Waals surface area contributed by atoms with Crippen LogP contribution < -0.4 is 5.32 Å². The number of carbonyl (C=O) groups excluding carboxylic acids is 3. The Balaban J connectivity index is 1.56. The van der Waals surface area contributed by atoms with Crippen LogP contribution in [-0.4, -0.2) is 83.3 Å². The number of nitrogens with zero attached hydrogens (tertiary/aromatic N) is 4. The van der Waals surface area contributed by atoms with Gasteiger partial charge >= 0.3 is 12.2 Å². The number of piperazine rings is 1. The van der Waals surface area contributed by atoms with Gasteiger partial charge in [-0.3, -0.25) is 14.5 Å². The van der Waals surface area contributed by atoms with E-state index in [0.717, 1.165) is 12.6 Å². The van der Waals surface area contributed by atoms with E-state index in [2.05, 4.69) is 17.1 Å². The van der Waals surface area contributed by atoms with Gasteiger partial charge in [-0.1, -0.05) is 55.5 Å². The molecule has 2 atom stereocenters. The lowest BCUT2D eigenvalue weighted by Gasteiger charge is -2.38. The molecule has 0 radical (unpaired) electrons. The molecule has 3 heterocycles. The predicted molar refractivity (Wildman–Crippen MR) is 142 cm³/mol. The van der Waals surface area contributed by atoms with E-state index < -0.39 is 35.8 Å². The summed E-state index contributed by atoms with van der Waals surface area (Å²) in [6, 6.07) is 11.0. The number of nitrogens with one attached hydrogen (secondary N) is 1. The largest absolute Gasteiger partial charge is 0.416 e. The van der Waals surface area contributed by atoms with Gasteiger partial charge in [-0.25, -0.2) is 4.79 Å². The molecule has 0 aromatic heterocycles. The van der Waals surface area contributed by atoms with E-state index in [1.165, 1.54) is 28.0 Å². The summed E-state index contributed by atoms with van der Waals surface area (Å²) in [5, 5.41) is 2.63. The van der Waals surface area contributed by atoms with Gasteiger partial charge in [0.05, 0.1) is 29.4 Å². The molecule has 212 valence electrons. The molecule has 2 aromatic carbocycles. The van der Waals surface area contributed by atoms with Gasteiger partial charge in [-0.2, -0.15) is 13.2 Å². The zero-order valence-electron chi connectivity index (χ0n) is 22.4. The van der Waals surface area contributed by atoms with Crippen LogP contribution in [0, 0.1) is 0 Å². The minimum Gasteiger partial charge on any atom is -0.338 e. The van der Waals surface area contributed by atoms with Crippen molar-refractivity contribution in [1.82, 2.24) is 24.9 Å². The van der Waals surface area contributed by atoms with Crippen molar-refractivity contribution in [2.75, 3.05) is 45.8 Å². The van der Waals surface area contributed by atoms with E-state index in [1.807, 2.05) is 6.07 Å². The first kappa shape index (κ1) is 27.7. The van der Waals surface area contributed by atoms with Gasteiger partial charge in [-0.05, 0) is 30.7 Å². The number of likely N-dealkylation sites (N-methyl/N-ethyl adjacent to an activating group) is 2. The third kappa shape index (κ3) is 4.94. The normalized spacial score (nSPS) is 21.0. The molecule has 8 nitrogen and oxygen atoms in total. The highest BCUT2D eigenvalue weighted by Crippen LogP contribution is 2.43. The van der Waals surface area contributed by atoms with Crippen molar-refractivity contribution in [2.45, 2.75) is 32.1 Å². The molecule has 3 aliphatic heterocycles. The molecular formula is C29H32F3N5O3. The van der Waals surface area contributed by atoms with Gasteiger partial charge in [0.2, 0.25) is 5.91 Å². The third-order valence-electron chi connectivity index (χ3n) is 7.94. The van der Waals surface area contributed by atoms with Gasteiger partial charge < -0.3 is 20.0 Å². The number of amides is 4. The second-order valence-electron chi connectivity index (χ2n) is 10.1. The van der Waals surface area contributed by atoms with E-state index in [1.54, 1.807) is 36.1 Å². The molecule has 0 spiro atoms. The van der Waals surface area contributed by atoms with Crippen molar-refractivity contribution >= 4 is 17.8 Å². The van der Waals surface area contributed by atoms with Crippen LogP contribution in [0.2, 0.25) is 0 Å². The highest BCUT2D eigenvalue weighted by Gasteiger charge is 2.49. The number of alkyl halides is 3. The summed E-state index contributed by atoms with van der Waals surface area (Å²) in [5.74, 6) is -0.811. The Morgan fingerprint density at radius 3 is 2.23 bits per heavy atom. The molecule has 0 aliphatic carbocycles. The van der Waals surface area contributed by atoms with Crippen molar-refractivity contribution in [3.63, 3.8) is 0 Å². The van der Waals surface area contributed by atoms with Gasteiger partial charge in [-0.15, -0.1) is 0 Å². The maximum Gasteiger partial charge on any atom is 0.416 e. The van der Waals surface area contributed by atoms with Crippen LogP contribution >= 0.6 is 0 Å². The van der Waals surface area contributed by atoms with Crippen LogP contribution in [-0.2, 0) is 15.8 Å². The van der Waals surface area contributed by atoms with Crippen LogP contribution in [0.1, 0.15) is 42.6 Å². The first-order chi connectivity index (χ1) is 19.2. The quantitative estimate of drug-likeness (QED) is 0.589. The van der Waals surface area contributed by atoms with E-state index >= 15 is 0 Å². The number of benzene rings is 2. The molecule has 0 saturated carbocycles. The molecule has 2 aromatic rings. The number of hydrogen-bond acceptors (Lipinski definition) is 4. The molecule has 1 fully saturated rings. The highest BCUT2D eigenvalue weighted by atomic mass is 19.4. The topological polar surface area (TPSA) is 76.2 Å². The summed E-state index contributed by atoms with van der Waals surface area (Å²) in [6.07, 6.45) is -4.69. The monoisotopic (exact) mass is 555 g/mol. The zero-order valence-corrected chi connectivity index (χ0v) is 22.4. The first-order valence-electron chi connectivity index (χ1n) is 13.5. The van der Waals surface area contributed by atoms with Crippen LogP contribution in [0.5, 0.6) is 0 Å². The van der Waals surface area contributed by atoms with Gasteiger partial charge in [0.25, 0.3) is 5.91 Å². The number of hydrogen-bond donors (Lipinski definition) is 1. The Hall–Kier alpha value is -3.86. The standard InChI is InChI=1S/C29H32F3N5O3/c1-3-34-14-16-35(17-15-34)27(39)25(19-10-6-5-7-11-19)37-18-22-23(26(37)38)24(33-28(40)36(22)4-2)20-12-8-9-13-21(20)29(30,31)32/h5-13,24-25H,3-4,14-18H2,1-2H3,(H,33,40)/t24-,25+/m1/s1. The molecule has 1 saturated heterocycles. The third-order valence-corrected chi connectivity index (χ3v) is 7.94. The molecule has 11 heteroatoms. The number of halogens is 3. The lowest BCUT2D eigenvalue weighted by Crippen LogP contribution is -2.52. The fraction of sp³-hybridized carbons (Fsp3) is 0.414. The Bertz CT molecular complexity index is 1320. The van der Waals surface area contributed by atoms with Crippen LogP contribution in [0.25, 0.3) is 0 Å². The summed E-state index contributed by atoms with van der Waals surface area (Å²) in [4.78, 5) is 48.1. The van der Waals surface area contributed by atoms with Gasteiger partial charge in [0.1, 0.15) is 6.04 Å². The van der Waals surface area contributed by atoms with Crippen LogP contribution in [0.15, 0.2) is 65.9 Å². The molecule has 4 amide bonds. The van der Waals surface area contributed by atoms with Crippen molar-refractivity contribution in [2.24, 2.45) is 0 Å².